The third-order valence-electron chi connectivity index (χ3n) is 12.5. The number of fused-ring (bicyclic) bond motifs is 2. The van der Waals surface area contributed by atoms with Crippen molar-refractivity contribution in [3.8, 4) is 0 Å². The number of likely N-dealkylation sites (tertiary alicyclic amines) is 1. The third kappa shape index (κ3) is 9.95. The van der Waals surface area contributed by atoms with Crippen LogP contribution in [0.1, 0.15) is 125 Å². The smallest absolute Gasteiger partial charge is 0.243 e. The molecule has 7 atom stereocenters. The van der Waals surface area contributed by atoms with Gasteiger partial charge in [-0.15, -0.1) is 0 Å². The van der Waals surface area contributed by atoms with Crippen LogP contribution in [0.25, 0.3) is 0 Å². The molecule has 57 heavy (non-hydrogen) atoms. The maximum Gasteiger partial charge on any atom is 0.243 e. The van der Waals surface area contributed by atoms with Crippen LogP contribution >= 0.6 is 0 Å². The standard InChI is InChI=1S/C47H64N6O4/c1-46(2,3)40(48)44(56)52-38(42(54)51-37-20-12-16-32-14-8-10-19-36(32)37)25-29-21-23-30(24-22-29)34-26-39(53(28-34)45(57)41(49)47(4,5)6)43(55)50-27-33-17-11-15-31-13-7-9-18-35(31)33/h7-10,13-14,18-19,21-24,33-34,37-41H,11-12,15-17,20,25-28,48-49H2,1-6H3,(H,50,55)(H,51,54)(H,52,56). The van der Waals surface area contributed by atoms with E-state index in [1.165, 1.54) is 16.7 Å². The second-order valence-electron chi connectivity index (χ2n) is 18.8. The summed E-state index contributed by atoms with van der Waals surface area (Å²) in [5.41, 5.74) is 18.8. The summed E-state index contributed by atoms with van der Waals surface area (Å²) < 4.78 is 0. The van der Waals surface area contributed by atoms with Crippen LogP contribution in [-0.4, -0.2) is 65.8 Å². The molecular formula is C47H64N6O4. The summed E-state index contributed by atoms with van der Waals surface area (Å²) in [5, 5.41) is 9.44. The highest BCUT2D eigenvalue weighted by atomic mass is 16.2. The van der Waals surface area contributed by atoms with E-state index in [-0.39, 0.29) is 47.9 Å². The lowest BCUT2D eigenvalue weighted by Gasteiger charge is -2.33. The van der Waals surface area contributed by atoms with Crippen molar-refractivity contribution in [2.45, 2.75) is 135 Å². The van der Waals surface area contributed by atoms with Gasteiger partial charge in [-0.3, -0.25) is 19.2 Å². The van der Waals surface area contributed by atoms with Crippen molar-refractivity contribution >= 4 is 23.6 Å². The summed E-state index contributed by atoms with van der Waals surface area (Å²) in [7, 11) is 0. The normalized spacial score (nSPS) is 22.4. The average Bonchev–Trinajstić information content (AvgIpc) is 3.64. The molecule has 0 bridgehead atoms. The average molecular weight is 777 g/mol. The number of hydrogen-bond acceptors (Lipinski definition) is 6. The number of benzene rings is 3. The molecule has 4 amide bonds. The second-order valence-corrected chi connectivity index (χ2v) is 18.8. The van der Waals surface area contributed by atoms with Gasteiger partial charge in [0.2, 0.25) is 23.6 Å². The maximum absolute atomic E-state index is 14.0. The summed E-state index contributed by atoms with van der Waals surface area (Å²) in [6.45, 7) is 12.4. The predicted molar refractivity (Wildman–Crippen MR) is 225 cm³/mol. The number of hydrogen-bond donors (Lipinski definition) is 5. The summed E-state index contributed by atoms with van der Waals surface area (Å²) in [6.07, 6.45) is 6.68. The summed E-state index contributed by atoms with van der Waals surface area (Å²) in [6, 6.07) is 21.5. The Kier molecular flexibility index (Phi) is 12.9. The number of amides is 4. The van der Waals surface area contributed by atoms with Gasteiger partial charge in [0.15, 0.2) is 0 Å². The lowest BCUT2D eigenvalue weighted by molar-refractivity contribution is -0.141. The topological polar surface area (TPSA) is 160 Å². The molecule has 1 heterocycles. The van der Waals surface area contributed by atoms with E-state index < -0.39 is 35.0 Å². The van der Waals surface area contributed by atoms with Crippen LogP contribution in [0.15, 0.2) is 72.8 Å². The minimum atomic E-state index is -0.839. The first-order chi connectivity index (χ1) is 27.0. The lowest BCUT2D eigenvalue weighted by Crippen LogP contribution is -2.56. The molecule has 306 valence electrons. The van der Waals surface area contributed by atoms with Gasteiger partial charge in [-0.25, -0.2) is 0 Å². The molecular weight excluding hydrogens is 713 g/mol. The van der Waals surface area contributed by atoms with Gasteiger partial charge >= 0.3 is 0 Å². The predicted octanol–water partition coefficient (Wildman–Crippen LogP) is 5.58. The highest BCUT2D eigenvalue weighted by Crippen LogP contribution is 2.36. The SMILES string of the molecule is CC(C)(C)C(N)C(=O)NC(Cc1ccc(C2CC(C(=O)NCC3CCCc4ccccc43)N(C(=O)C(N)C(C)(C)C)C2)cc1)C(=O)NC1CCCc2ccccc21. The Morgan fingerprint density at radius 1 is 0.754 bits per heavy atom. The van der Waals surface area contributed by atoms with E-state index in [0.29, 0.717) is 19.5 Å². The van der Waals surface area contributed by atoms with Crippen molar-refractivity contribution in [3.63, 3.8) is 0 Å². The van der Waals surface area contributed by atoms with Gasteiger partial charge in [0.05, 0.1) is 18.1 Å². The number of nitrogens with zero attached hydrogens (tertiary/aromatic N) is 1. The second kappa shape index (κ2) is 17.5. The number of carbonyl (C=O) groups excluding carboxylic acids is 4. The molecule has 7 N–H and O–H groups in total. The Hall–Kier alpha value is -4.54. The molecule has 10 heteroatoms. The molecule has 2 aliphatic carbocycles. The van der Waals surface area contributed by atoms with Crippen molar-refractivity contribution in [3.05, 3.63) is 106 Å². The maximum atomic E-state index is 14.0. The fourth-order valence-corrected chi connectivity index (χ4v) is 8.73. The van der Waals surface area contributed by atoms with Crippen LogP contribution in [0, 0.1) is 10.8 Å². The molecule has 3 aromatic carbocycles. The van der Waals surface area contributed by atoms with Crippen LogP contribution < -0.4 is 27.4 Å². The van der Waals surface area contributed by atoms with Crippen LogP contribution in [0.5, 0.6) is 0 Å². The monoisotopic (exact) mass is 776 g/mol. The van der Waals surface area contributed by atoms with Gasteiger partial charge in [-0.1, -0.05) is 114 Å². The minimum Gasteiger partial charge on any atom is -0.354 e. The van der Waals surface area contributed by atoms with Gasteiger partial charge in [-0.05, 0) is 89.2 Å². The van der Waals surface area contributed by atoms with Crippen LogP contribution in [-0.2, 0) is 38.4 Å². The summed E-state index contributed by atoms with van der Waals surface area (Å²) in [4.78, 5) is 57.0. The van der Waals surface area contributed by atoms with E-state index in [0.717, 1.165) is 55.2 Å². The van der Waals surface area contributed by atoms with Crippen LogP contribution in [0.2, 0.25) is 0 Å². The Balaban J connectivity index is 1.18. The van der Waals surface area contributed by atoms with Crippen molar-refractivity contribution in [1.82, 2.24) is 20.9 Å². The largest absolute Gasteiger partial charge is 0.354 e. The van der Waals surface area contributed by atoms with Crippen LogP contribution in [0.3, 0.4) is 0 Å². The number of aryl methyl sites for hydroxylation is 2. The zero-order valence-corrected chi connectivity index (χ0v) is 34.8. The molecule has 0 spiro atoms. The van der Waals surface area contributed by atoms with Gasteiger partial charge in [0.25, 0.3) is 0 Å². The van der Waals surface area contributed by atoms with E-state index in [9.17, 15) is 19.2 Å². The number of rotatable bonds is 11. The Morgan fingerprint density at radius 3 is 2.00 bits per heavy atom. The van der Waals surface area contributed by atoms with Gasteiger partial charge in [0.1, 0.15) is 12.1 Å². The lowest BCUT2D eigenvalue weighted by atomic mass is 9.83. The first kappa shape index (κ1) is 42.1. The van der Waals surface area contributed by atoms with E-state index in [1.807, 2.05) is 77.9 Å². The molecule has 3 aromatic rings. The molecule has 0 aromatic heterocycles. The molecule has 1 aliphatic heterocycles. The van der Waals surface area contributed by atoms with E-state index in [4.69, 9.17) is 11.5 Å². The molecule has 0 saturated carbocycles. The fraction of sp³-hybridized carbons (Fsp3) is 0.532. The van der Waals surface area contributed by atoms with E-state index >= 15 is 0 Å². The Labute approximate surface area is 339 Å². The highest BCUT2D eigenvalue weighted by Gasteiger charge is 2.44. The van der Waals surface area contributed by atoms with E-state index in [1.54, 1.807) is 4.90 Å². The number of carbonyl (C=O) groups is 4. The molecule has 1 saturated heterocycles. The van der Waals surface area contributed by atoms with Crippen LogP contribution in [0.4, 0.5) is 0 Å². The van der Waals surface area contributed by atoms with Gasteiger partial charge in [0, 0.05) is 31.3 Å². The highest BCUT2D eigenvalue weighted by molar-refractivity contribution is 5.91. The Bertz CT molecular complexity index is 1910. The van der Waals surface area contributed by atoms with Gasteiger partial charge < -0.3 is 32.3 Å². The molecule has 6 rings (SSSR count). The molecule has 0 radical (unpaired) electrons. The third-order valence-corrected chi connectivity index (χ3v) is 12.5. The quantitative estimate of drug-likeness (QED) is 0.171. The number of nitrogens with two attached hydrogens (primary N) is 2. The van der Waals surface area contributed by atoms with Crippen molar-refractivity contribution in [1.29, 1.82) is 0 Å². The first-order valence-electron chi connectivity index (χ1n) is 21.0. The summed E-state index contributed by atoms with van der Waals surface area (Å²) in [5.74, 6) is -0.835. The summed E-state index contributed by atoms with van der Waals surface area (Å²) >= 11 is 0. The fourth-order valence-electron chi connectivity index (χ4n) is 8.73. The number of nitrogens with one attached hydrogen (secondary N) is 3. The van der Waals surface area contributed by atoms with Crippen molar-refractivity contribution in [2.24, 2.45) is 22.3 Å². The minimum absolute atomic E-state index is 0.0868. The van der Waals surface area contributed by atoms with Crippen molar-refractivity contribution in [2.75, 3.05) is 13.1 Å². The molecule has 1 fully saturated rings. The van der Waals surface area contributed by atoms with Crippen molar-refractivity contribution < 1.29 is 19.2 Å². The molecule has 3 aliphatic rings. The molecule has 7 unspecified atom stereocenters. The molecule has 10 nitrogen and oxygen atoms in total. The van der Waals surface area contributed by atoms with E-state index in [2.05, 4.69) is 52.3 Å². The Morgan fingerprint density at radius 2 is 1.35 bits per heavy atom. The first-order valence-corrected chi connectivity index (χ1v) is 21.0. The van der Waals surface area contributed by atoms with Gasteiger partial charge in [-0.2, -0.15) is 0 Å². The zero-order valence-electron chi connectivity index (χ0n) is 34.8. The zero-order chi connectivity index (χ0) is 41.1.